The predicted molar refractivity (Wildman–Crippen MR) is 127 cm³/mol. The van der Waals surface area contributed by atoms with Gasteiger partial charge in [0.05, 0.1) is 0 Å². The summed E-state index contributed by atoms with van der Waals surface area (Å²) in [5, 5.41) is 4.77. The van der Waals surface area contributed by atoms with Crippen LogP contribution >= 0.6 is 11.6 Å². The highest BCUT2D eigenvalue weighted by molar-refractivity contribution is 6.31. The van der Waals surface area contributed by atoms with Crippen molar-refractivity contribution in [1.82, 2.24) is 10.3 Å². The summed E-state index contributed by atoms with van der Waals surface area (Å²) in [7, 11) is 0. The molecule has 0 bridgehead atoms. The van der Waals surface area contributed by atoms with Crippen LogP contribution in [0.2, 0.25) is 5.02 Å². The van der Waals surface area contributed by atoms with Crippen molar-refractivity contribution >= 4 is 40.0 Å². The van der Waals surface area contributed by atoms with Gasteiger partial charge in [-0.25, -0.2) is 0 Å². The molecule has 3 aromatic carbocycles. The van der Waals surface area contributed by atoms with Gasteiger partial charge < -0.3 is 10.3 Å². The van der Waals surface area contributed by atoms with Crippen molar-refractivity contribution in [3.8, 4) is 0 Å². The lowest BCUT2D eigenvalue weighted by Crippen LogP contribution is -2.48. The van der Waals surface area contributed by atoms with Gasteiger partial charge >= 0.3 is 0 Å². The van der Waals surface area contributed by atoms with E-state index in [2.05, 4.69) is 10.3 Å². The second-order valence-corrected chi connectivity index (χ2v) is 8.37. The number of amides is 2. The average Bonchev–Trinajstić information content (AvgIpc) is 3.40. The molecule has 0 spiro atoms. The molecule has 0 aliphatic carbocycles. The van der Waals surface area contributed by atoms with Gasteiger partial charge in [-0.3, -0.25) is 14.5 Å². The quantitative estimate of drug-likeness (QED) is 0.467. The van der Waals surface area contributed by atoms with Crippen LogP contribution in [-0.4, -0.2) is 29.4 Å². The summed E-state index contributed by atoms with van der Waals surface area (Å²) in [5.74, 6) is -0.315. The number of benzene rings is 3. The predicted octanol–water partition coefficient (Wildman–Crippen LogP) is 4.75. The molecule has 0 saturated carbocycles. The van der Waals surface area contributed by atoms with E-state index < -0.39 is 6.04 Å². The van der Waals surface area contributed by atoms with E-state index in [9.17, 15) is 9.59 Å². The number of H-pyrrole nitrogens is 1. The summed E-state index contributed by atoms with van der Waals surface area (Å²) in [6.07, 6.45) is 3.12. The highest BCUT2D eigenvalue weighted by Gasteiger charge is 2.38. The third-order valence-electron chi connectivity index (χ3n) is 5.94. The Balaban J connectivity index is 1.33. The first kappa shape index (κ1) is 20.3. The van der Waals surface area contributed by atoms with Crippen LogP contribution in [0.1, 0.15) is 21.5 Å². The second kappa shape index (κ2) is 8.52. The highest BCUT2D eigenvalue weighted by Crippen LogP contribution is 2.33. The molecule has 32 heavy (non-hydrogen) atoms. The molecule has 0 unspecified atom stereocenters. The zero-order valence-corrected chi connectivity index (χ0v) is 18.1. The molecule has 1 aromatic heterocycles. The van der Waals surface area contributed by atoms with E-state index >= 15 is 0 Å². The number of rotatable bonds is 5. The molecule has 0 fully saturated rings. The topological polar surface area (TPSA) is 65.2 Å². The number of fused-ring (bicyclic) bond motifs is 2. The van der Waals surface area contributed by atoms with Crippen LogP contribution in [0.25, 0.3) is 10.9 Å². The van der Waals surface area contributed by atoms with Crippen molar-refractivity contribution in [2.75, 3.05) is 11.4 Å². The van der Waals surface area contributed by atoms with Gasteiger partial charge in [0.1, 0.15) is 6.04 Å². The van der Waals surface area contributed by atoms with E-state index in [4.69, 9.17) is 11.6 Å². The molecule has 1 atom stereocenters. The maximum atomic E-state index is 13.3. The van der Waals surface area contributed by atoms with Crippen LogP contribution in [0, 0.1) is 0 Å². The standard InChI is InChI=1S/C26H22ClN3O2/c27-20-10-11-22-21(15-20)19(16-29-22)12-13-28-25(31)24-14-18-8-4-5-9-23(18)30(24)26(32)17-6-2-1-3-7-17/h1-11,15-16,24,29H,12-14H2,(H,28,31)/t24-/m1/s1. The van der Waals surface area contributed by atoms with Crippen molar-refractivity contribution in [2.45, 2.75) is 18.9 Å². The fraction of sp³-hybridized carbons (Fsp3) is 0.154. The molecule has 2 heterocycles. The summed E-state index contributed by atoms with van der Waals surface area (Å²) in [4.78, 5) is 31.3. The number of aromatic amines is 1. The number of hydrogen-bond donors (Lipinski definition) is 2. The molecule has 1 aliphatic rings. The van der Waals surface area contributed by atoms with Crippen LogP contribution in [-0.2, 0) is 17.6 Å². The van der Waals surface area contributed by atoms with Gasteiger partial charge in [0.25, 0.3) is 5.91 Å². The lowest BCUT2D eigenvalue weighted by atomic mass is 10.1. The minimum absolute atomic E-state index is 0.150. The van der Waals surface area contributed by atoms with Gasteiger partial charge in [0, 0.05) is 46.3 Å². The Kier molecular flexibility index (Phi) is 5.41. The van der Waals surface area contributed by atoms with Gasteiger partial charge in [-0.2, -0.15) is 0 Å². The molecule has 0 radical (unpaired) electrons. The van der Waals surface area contributed by atoms with E-state index in [-0.39, 0.29) is 11.8 Å². The number of carbonyl (C=O) groups excluding carboxylic acids is 2. The molecule has 4 aromatic rings. The fourth-order valence-electron chi connectivity index (χ4n) is 4.36. The molecule has 2 N–H and O–H groups in total. The van der Waals surface area contributed by atoms with Gasteiger partial charge in [-0.1, -0.05) is 48.0 Å². The van der Waals surface area contributed by atoms with Gasteiger partial charge in [-0.05, 0) is 53.9 Å². The Bertz CT molecular complexity index is 1300. The fourth-order valence-corrected chi connectivity index (χ4v) is 4.53. The summed E-state index contributed by atoms with van der Waals surface area (Å²) in [6.45, 7) is 0.471. The molecule has 2 amide bonds. The lowest BCUT2D eigenvalue weighted by molar-refractivity contribution is -0.122. The number of aromatic nitrogens is 1. The number of nitrogens with one attached hydrogen (secondary N) is 2. The van der Waals surface area contributed by atoms with Crippen LogP contribution in [0.4, 0.5) is 5.69 Å². The number of carbonyl (C=O) groups is 2. The van der Waals surface area contributed by atoms with Gasteiger partial charge in [0.15, 0.2) is 0 Å². The third-order valence-corrected chi connectivity index (χ3v) is 6.18. The minimum atomic E-state index is -0.572. The first-order valence-corrected chi connectivity index (χ1v) is 11.0. The Morgan fingerprint density at radius 1 is 1.03 bits per heavy atom. The molecule has 160 valence electrons. The molecule has 1 aliphatic heterocycles. The van der Waals surface area contributed by atoms with Crippen molar-refractivity contribution < 1.29 is 9.59 Å². The van der Waals surface area contributed by atoms with E-state index in [0.29, 0.717) is 30.0 Å². The van der Waals surface area contributed by atoms with Crippen LogP contribution in [0.15, 0.2) is 79.0 Å². The highest BCUT2D eigenvalue weighted by atomic mass is 35.5. The largest absolute Gasteiger partial charge is 0.361 e. The average molecular weight is 444 g/mol. The van der Waals surface area contributed by atoms with E-state index in [1.807, 2.05) is 66.9 Å². The Hall–Kier alpha value is -3.57. The Morgan fingerprint density at radius 3 is 2.66 bits per heavy atom. The molecule has 0 saturated heterocycles. The van der Waals surface area contributed by atoms with Crippen LogP contribution in [0.5, 0.6) is 0 Å². The van der Waals surface area contributed by atoms with Crippen molar-refractivity contribution in [1.29, 1.82) is 0 Å². The number of hydrogen-bond acceptors (Lipinski definition) is 2. The third kappa shape index (κ3) is 3.76. The van der Waals surface area contributed by atoms with Crippen LogP contribution in [0.3, 0.4) is 0 Å². The molecule has 6 heteroatoms. The van der Waals surface area contributed by atoms with E-state index in [0.717, 1.165) is 27.7 Å². The maximum absolute atomic E-state index is 13.3. The molecular weight excluding hydrogens is 422 g/mol. The van der Waals surface area contributed by atoms with Gasteiger partial charge in [0.2, 0.25) is 5.91 Å². The Morgan fingerprint density at radius 2 is 1.81 bits per heavy atom. The molecule has 5 rings (SSSR count). The van der Waals surface area contributed by atoms with E-state index in [1.54, 1.807) is 17.0 Å². The van der Waals surface area contributed by atoms with Crippen LogP contribution < -0.4 is 10.2 Å². The number of anilines is 1. The lowest BCUT2D eigenvalue weighted by Gasteiger charge is -2.25. The molecular formula is C26H22ClN3O2. The van der Waals surface area contributed by atoms with E-state index in [1.165, 1.54) is 0 Å². The second-order valence-electron chi connectivity index (χ2n) is 7.93. The summed E-state index contributed by atoms with van der Waals surface area (Å²) >= 11 is 6.14. The summed E-state index contributed by atoms with van der Waals surface area (Å²) < 4.78 is 0. The summed E-state index contributed by atoms with van der Waals surface area (Å²) in [6, 6.07) is 22.0. The minimum Gasteiger partial charge on any atom is -0.361 e. The summed E-state index contributed by atoms with van der Waals surface area (Å²) in [5.41, 5.74) is 4.48. The maximum Gasteiger partial charge on any atom is 0.259 e. The SMILES string of the molecule is O=C(NCCc1c[nH]c2ccc(Cl)cc12)[C@H]1Cc2ccccc2N1C(=O)c1ccccc1. The number of para-hydroxylation sites is 1. The zero-order chi connectivity index (χ0) is 22.1. The van der Waals surface area contributed by atoms with Crippen molar-refractivity contribution in [3.63, 3.8) is 0 Å². The first-order valence-electron chi connectivity index (χ1n) is 10.6. The molecule has 5 nitrogen and oxygen atoms in total. The van der Waals surface area contributed by atoms with Gasteiger partial charge in [-0.15, -0.1) is 0 Å². The first-order chi connectivity index (χ1) is 15.6. The number of nitrogens with zero attached hydrogens (tertiary/aromatic N) is 1. The zero-order valence-electron chi connectivity index (χ0n) is 17.3. The Labute approximate surface area is 191 Å². The number of halogens is 1. The smallest absolute Gasteiger partial charge is 0.259 e. The normalized spacial score (nSPS) is 15.0. The van der Waals surface area contributed by atoms with Crippen molar-refractivity contribution in [3.05, 3.63) is 101 Å². The monoisotopic (exact) mass is 443 g/mol. The van der Waals surface area contributed by atoms with Crippen molar-refractivity contribution in [2.24, 2.45) is 0 Å².